The van der Waals surface area contributed by atoms with Crippen LogP contribution in [0.25, 0.3) is 0 Å². The first kappa shape index (κ1) is 8.48. The Bertz CT molecular complexity index is 334. The first-order valence-electron chi connectivity index (χ1n) is 4.32. The molecule has 1 aromatic carbocycles. The van der Waals surface area contributed by atoms with Gasteiger partial charge in [-0.15, -0.1) is 0 Å². The smallest absolute Gasteiger partial charge is 0.137 e. The molecule has 1 atom stereocenters. The summed E-state index contributed by atoms with van der Waals surface area (Å²) in [6, 6.07) is 4.19. The monoisotopic (exact) mass is 183 g/mol. The fourth-order valence-electron chi connectivity index (χ4n) is 1.67. The number of alkyl halides is 1. The summed E-state index contributed by atoms with van der Waals surface area (Å²) < 4.78 is 26.7. The Morgan fingerprint density at radius 2 is 2.23 bits per heavy atom. The number of hydrogen-bond donors (Lipinski definition) is 1. The zero-order valence-corrected chi connectivity index (χ0v) is 7.40. The highest BCUT2D eigenvalue weighted by atomic mass is 19.1. The predicted molar refractivity (Wildman–Crippen MR) is 48.0 cm³/mol. The molecular weight excluding hydrogens is 172 g/mol. The topological polar surface area (TPSA) is 12.0 Å². The third kappa shape index (κ3) is 1.39. The molecule has 0 aromatic heterocycles. The maximum atomic E-state index is 13.8. The lowest BCUT2D eigenvalue weighted by atomic mass is 9.90. The van der Waals surface area contributed by atoms with Gasteiger partial charge in [0.15, 0.2) is 0 Å². The first-order chi connectivity index (χ1) is 6.09. The molecule has 0 amide bonds. The lowest BCUT2D eigenvalue weighted by molar-refractivity contribution is 0.177. The van der Waals surface area contributed by atoms with Crippen molar-refractivity contribution >= 4 is 5.69 Å². The molecule has 0 saturated carbocycles. The van der Waals surface area contributed by atoms with Crippen LogP contribution in [0.4, 0.5) is 14.5 Å². The molecule has 0 bridgehead atoms. The molecule has 0 saturated heterocycles. The van der Waals surface area contributed by atoms with Gasteiger partial charge in [0.05, 0.1) is 0 Å². The number of nitrogens with one attached hydrogen (secondary N) is 1. The second-order valence-electron chi connectivity index (χ2n) is 3.56. The van der Waals surface area contributed by atoms with E-state index >= 15 is 0 Å². The van der Waals surface area contributed by atoms with Gasteiger partial charge in [-0.05, 0) is 25.1 Å². The number of hydrogen-bond acceptors (Lipinski definition) is 1. The van der Waals surface area contributed by atoms with Crippen LogP contribution in [0.15, 0.2) is 18.2 Å². The summed E-state index contributed by atoms with van der Waals surface area (Å²) in [6.07, 6.45) is 0.392. The summed E-state index contributed by atoms with van der Waals surface area (Å²) in [5.41, 5.74) is -0.265. The fourth-order valence-corrected chi connectivity index (χ4v) is 1.67. The molecule has 1 unspecified atom stereocenters. The van der Waals surface area contributed by atoms with E-state index in [1.54, 1.807) is 6.07 Å². The summed E-state index contributed by atoms with van der Waals surface area (Å²) in [5.74, 6) is -0.383. The van der Waals surface area contributed by atoms with Crippen LogP contribution in [0, 0.1) is 5.82 Å². The van der Waals surface area contributed by atoms with Gasteiger partial charge in [0.1, 0.15) is 11.5 Å². The number of anilines is 1. The van der Waals surface area contributed by atoms with Crippen molar-refractivity contribution in [2.45, 2.75) is 19.0 Å². The Balaban J connectivity index is 2.55. The van der Waals surface area contributed by atoms with Gasteiger partial charge in [0, 0.05) is 24.2 Å². The minimum Gasteiger partial charge on any atom is -0.385 e. The molecular formula is C10H11F2N. The van der Waals surface area contributed by atoms with Crippen molar-refractivity contribution in [3.63, 3.8) is 0 Å². The summed E-state index contributed by atoms with van der Waals surface area (Å²) >= 11 is 0. The van der Waals surface area contributed by atoms with Crippen LogP contribution < -0.4 is 5.32 Å². The third-order valence-electron chi connectivity index (χ3n) is 2.45. The molecule has 0 spiro atoms. The highest BCUT2D eigenvalue weighted by Crippen LogP contribution is 2.38. The lowest BCUT2D eigenvalue weighted by Crippen LogP contribution is -2.27. The zero-order chi connectivity index (χ0) is 9.47. The van der Waals surface area contributed by atoms with Gasteiger partial charge in [0.25, 0.3) is 0 Å². The lowest BCUT2D eigenvalue weighted by Gasteiger charge is -2.29. The fraction of sp³-hybridized carbons (Fsp3) is 0.400. The molecule has 0 radical (unpaired) electrons. The van der Waals surface area contributed by atoms with Crippen molar-refractivity contribution < 1.29 is 8.78 Å². The van der Waals surface area contributed by atoms with E-state index in [0.717, 1.165) is 0 Å². The van der Waals surface area contributed by atoms with Gasteiger partial charge in [-0.1, -0.05) is 0 Å². The molecule has 1 N–H and O–H groups in total. The molecule has 1 aromatic rings. The van der Waals surface area contributed by atoms with Crippen molar-refractivity contribution in [2.75, 3.05) is 11.9 Å². The van der Waals surface area contributed by atoms with E-state index in [4.69, 9.17) is 0 Å². The minimum atomic E-state index is -1.40. The van der Waals surface area contributed by atoms with Crippen LogP contribution in [0.1, 0.15) is 18.9 Å². The Morgan fingerprint density at radius 3 is 3.00 bits per heavy atom. The molecule has 3 heteroatoms. The zero-order valence-electron chi connectivity index (χ0n) is 7.40. The minimum absolute atomic E-state index is 0.383. The normalized spacial score (nSPS) is 26.4. The number of halogens is 2. The molecule has 70 valence electrons. The Kier molecular flexibility index (Phi) is 1.75. The first-order valence-corrected chi connectivity index (χ1v) is 4.32. The Hall–Kier alpha value is -1.12. The predicted octanol–water partition coefficient (Wildman–Crippen LogP) is 2.83. The number of fused-ring (bicyclic) bond motifs is 1. The van der Waals surface area contributed by atoms with E-state index in [-0.39, 0.29) is 5.82 Å². The van der Waals surface area contributed by atoms with E-state index in [1.165, 1.54) is 19.1 Å². The van der Waals surface area contributed by atoms with Crippen LogP contribution in [0.3, 0.4) is 0 Å². The molecule has 0 aliphatic carbocycles. The molecule has 1 nitrogen and oxygen atoms in total. The standard InChI is InChI=1S/C10H11F2N/c1-10(12)4-5-13-9-3-2-7(11)6-8(9)10/h2-3,6,13H,4-5H2,1H3. The van der Waals surface area contributed by atoms with Crippen LogP contribution in [0.5, 0.6) is 0 Å². The van der Waals surface area contributed by atoms with Crippen LogP contribution >= 0.6 is 0 Å². The molecule has 0 fully saturated rings. The van der Waals surface area contributed by atoms with Crippen molar-refractivity contribution in [3.05, 3.63) is 29.6 Å². The van der Waals surface area contributed by atoms with Crippen molar-refractivity contribution in [1.82, 2.24) is 0 Å². The highest BCUT2D eigenvalue weighted by molar-refractivity contribution is 5.55. The number of rotatable bonds is 0. The van der Waals surface area contributed by atoms with Gasteiger partial charge in [-0.2, -0.15) is 0 Å². The number of benzene rings is 1. The molecule has 2 rings (SSSR count). The average molecular weight is 183 g/mol. The second-order valence-corrected chi connectivity index (χ2v) is 3.56. The molecule has 1 heterocycles. The summed E-state index contributed by atoms with van der Waals surface area (Å²) in [4.78, 5) is 0. The van der Waals surface area contributed by atoms with E-state index < -0.39 is 5.67 Å². The summed E-state index contributed by atoms with van der Waals surface area (Å²) in [6.45, 7) is 2.09. The van der Waals surface area contributed by atoms with E-state index in [1.807, 2.05) is 0 Å². The summed E-state index contributed by atoms with van der Waals surface area (Å²) in [5, 5.41) is 3.04. The van der Waals surface area contributed by atoms with Gasteiger partial charge in [-0.25, -0.2) is 8.78 Å². The Morgan fingerprint density at radius 1 is 1.46 bits per heavy atom. The maximum Gasteiger partial charge on any atom is 0.137 e. The quantitative estimate of drug-likeness (QED) is 0.652. The van der Waals surface area contributed by atoms with E-state index in [0.29, 0.717) is 24.2 Å². The van der Waals surface area contributed by atoms with Crippen LogP contribution in [-0.2, 0) is 5.67 Å². The Labute approximate surface area is 75.8 Å². The SMILES string of the molecule is CC1(F)CCNc2ccc(F)cc21. The third-order valence-corrected chi connectivity index (χ3v) is 2.45. The van der Waals surface area contributed by atoms with E-state index in [2.05, 4.69) is 5.32 Å². The van der Waals surface area contributed by atoms with E-state index in [9.17, 15) is 8.78 Å². The van der Waals surface area contributed by atoms with Crippen molar-refractivity contribution in [1.29, 1.82) is 0 Å². The van der Waals surface area contributed by atoms with Crippen LogP contribution in [0.2, 0.25) is 0 Å². The van der Waals surface area contributed by atoms with Gasteiger partial charge in [0.2, 0.25) is 0 Å². The van der Waals surface area contributed by atoms with Crippen molar-refractivity contribution in [3.8, 4) is 0 Å². The molecule has 13 heavy (non-hydrogen) atoms. The van der Waals surface area contributed by atoms with Gasteiger partial charge in [-0.3, -0.25) is 0 Å². The highest BCUT2D eigenvalue weighted by Gasteiger charge is 2.31. The second kappa shape index (κ2) is 2.69. The van der Waals surface area contributed by atoms with Crippen molar-refractivity contribution in [2.24, 2.45) is 0 Å². The summed E-state index contributed by atoms with van der Waals surface area (Å²) in [7, 11) is 0. The molecule has 1 aliphatic rings. The largest absolute Gasteiger partial charge is 0.385 e. The van der Waals surface area contributed by atoms with Crippen LogP contribution in [-0.4, -0.2) is 6.54 Å². The average Bonchev–Trinajstić information content (AvgIpc) is 2.06. The van der Waals surface area contributed by atoms with Gasteiger partial charge >= 0.3 is 0 Å². The maximum absolute atomic E-state index is 13.8. The van der Waals surface area contributed by atoms with Gasteiger partial charge < -0.3 is 5.32 Å². The molecule has 1 aliphatic heterocycles.